The predicted molar refractivity (Wildman–Crippen MR) is 183 cm³/mol. The fraction of sp³-hybridized carbons (Fsp3) is 0.405. The van der Waals surface area contributed by atoms with Crippen molar-refractivity contribution in [2.75, 3.05) is 30.4 Å². The van der Waals surface area contributed by atoms with Gasteiger partial charge in [0.2, 0.25) is 0 Å². The van der Waals surface area contributed by atoms with Crippen LogP contribution >= 0.6 is 0 Å². The van der Waals surface area contributed by atoms with Crippen LogP contribution in [0.3, 0.4) is 0 Å². The Bertz CT molecular complexity index is 2110. The molecule has 2 aromatic heterocycles. The van der Waals surface area contributed by atoms with Crippen LogP contribution in [0, 0.1) is 28.1 Å². The Kier molecular flexibility index (Phi) is 10.2. The molecule has 0 spiro atoms. The summed E-state index contributed by atoms with van der Waals surface area (Å²) in [5, 5.41) is 29.8. The van der Waals surface area contributed by atoms with E-state index in [0.717, 1.165) is 35.9 Å². The topological polar surface area (TPSA) is 127 Å². The number of halogens is 6. The third kappa shape index (κ3) is 7.83. The van der Waals surface area contributed by atoms with Crippen molar-refractivity contribution < 1.29 is 31.1 Å². The number of amides is 1. The number of benzene rings is 2. The fourth-order valence-corrected chi connectivity index (χ4v) is 7.20. The molecule has 0 unspecified atom stereocenters. The van der Waals surface area contributed by atoms with Gasteiger partial charge in [-0.2, -0.15) is 36.9 Å². The molecule has 6 rings (SSSR count). The van der Waals surface area contributed by atoms with Gasteiger partial charge in [0, 0.05) is 44.2 Å². The smallest absolute Gasteiger partial charge is 0.370 e. The van der Waals surface area contributed by atoms with E-state index in [0.29, 0.717) is 25.8 Å². The normalized spacial score (nSPS) is 15.5. The number of hydrogen-bond donors (Lipinski definition) is 1. The number of rotatable bonds is 11. The molecule has 10 nitrogen and oxygen atoms in total. The number of nitrogens with one attached hydrogen (secondary N) is 1. The quantitative estimate of drug-likeness (QED) is 0.121. The summed E-state index contributed by atoms with van der Waals surface area (Å²) in [6.07, 6.45) is -4.28. The monoisotopic (exact) mass is 735 g/mol. The average molecular weight is 736 g/mol. The number of nitrogens with zero attached hydrogens (tertiary/aromatic N) is 8. The summed E-state index contributed by atoms with van der Waals surface area (Å²) >= 11 is 0. The van der Waals surface area contributed by atoms with E-state index in [1.54, 1.807) is 19.0 Å². The zero-order chi connectivity index (χ0) is 38.1. The van der Waals surface area contributed by atoms with Gasteiger partial charge in [-0.25, -0.2) is 4.98 Å². The number of aryl methyl sites for hydroxylation is 1. The molecule has 0 bridgehead atoms. The van der Waals surface area contributed by atoms with E-state index < -0.39 is 41.3 Å². The van der Waals surface area contributed by atoms with E-state index in [1.807, 2.05) is 6.07 Å². The lowest BCUT2D eigenvalue weighted by atomic mass is 9.87. The number of unbranched alkanes of at least 4 members (excludes halogenated alkanes) is 1. The molecule has 1 aliphatic carbocycles. The molecule has 2 aliphatic rings. The maximum absolute atomic E-state index is 14.6. The Labute approximate surface area is 301 Å². The summed E-state index contributed by atoms with van der Waals surface area (Å²) in [5.74, 6) is -0.452. The van der Waals surface area contributed by atoms with Crippen molar-refractivity contribution in [1.82, 2.24) is 24.6 Å². The van der Waals surface area contributed by atoms with Crippen LogP contribution in [-0.4, -0.2) is 50.7 Å². The molecule has 0 radical (unpaired) electrons. The maximum Gasteiger partial charge on any atom is 0.416 e. The van der Waals surface area contributed by atoms with Crippen molar-refractivity contribution >= 4 is 17.5 Å². The SMILES string of the molecule is CN(Cc1cc2c(c(C(F)(F)F)c1)CN(c1cc(-c3cc(C(F)(F)F)ccc3-c3nncn3C)cc(NCCCC#N)n1)C2=O)CC1(C#N)CCCC1. The lowest BCUT2D eigenvalue weighted by Gasteiger charge is -2.27. The number of pyridine rings is 1. The third-order valence-corrected chi connectivity index (χ3v) is 9.70. The molecular weight excluding hydrogens is 700 g/mol. The van der Waals surface area contributed by atoms with Gasteiger partial charge < -0.3 is 14.8 Å². The second kappa shape index (κ2) is 14.5. The number of anilines is 2. The minimum atomic E-state index is -4.81. The summed E-state index contributed by atoms with van der Waals surface area (Å²) < 4.78 is 87.4. The van der Waals surface area contributed by atoms with Crippen LogP contribution < -0.4 is 10.2 Å². The van der Waals surface area contributed by atoms with Crippen LogP contribution in [0.4, 0.5) is 38.0 Å². The molecule has 1 N–H and O–H groups in total. The Hall–Kier alpha value is -5.48. The Morgan fingerprint density at radius 1 is 0.981 bits per heavy atom. The summed E-state index contributed by atoms with van der Waals surface area (Å²) in [7, 11) is 3.35. The number of aromatic nitrogens is 4. The molecule has 1 amide bonds. The fourth-order valence-electron chi connectivity index (χ4n) is 7.20. The Morgan fingerprint density at radius 3 is 2.38 bits per heavy atom. The highest BCUT2D eigenvalue weighted by Crippen LogP contribution is 2.43. The molecule has 53 heavy (non-hydrogen) atoms. The molecule has 3 heterocycles. The number of fused-ring (bicyclic) bond motifs is 1. The van der Waals surface area contributed by atoms with Gasteiger partial charge in [-0.05, 0) is 91.0 Å². The van der Waals surface area contributed by atoms with Crippen LogP contribution in [-0.2, 0) is 32.5 Å². The highest BCUT2D eigenvalue weighted by molar-refractivity contribution is 6.10. The average Bonchev–Trinajstić information content (AvgIpc) is 3.84. The Balaban J connectivity index is 1.42. The Morgan fingerprint density at radius 2 is 1.74 bits per heavy atom. The molecule has 1 aliphatic heterocycles. The molecule has 0 atom stereocenters. The second-order valence-electron chi connectivity index (χ2n) is 13.6. The summed E-state index contributed by atoms with van der Waals surface area (Å²) in [6.45, 7) is 0.199. The van der Waals surface area contributed by atoms with Gasteiger partial charge in [0.15, 0.2) is 5.82 Å². The van der Waals surface area contributed by atoms with Crippen LogP contribution in [0.5, 0.6) is 0 Å². The first-order chi connectivity index (χ1) is 25.1. The molecule has 276 valence electrons. The van der Waals surface area contributed by atoms with Gasteiger partial charge in [-0.3, -0.25) is 9.69 Å². The second-order valence-corrected chi connectivity index (χ2v) is 13.6. The van der Waals surface area contributed by atoms with Gasteiger partial charge in [0.1, 0.15) is 18.0 Å². The van der Waals surface area contributed by atoms with Crippen LogP contribution in [0.2, 0.25) is 0 Å². The molecule has 16 heteroatoms. The van der Waals surface area contributed by atoms with E-state index in [9.17, 15) is 36.4 Å². The van der Waals surface area contributed by atoms with E-state index in [1.165, 1.54) is 35.2 Å². The molecule has 1 saturated carbocycles. The van der Waals surface area contributed by atoms with Gasteiger partial charge in [-0.1, -0.05) is 12.8 Å². The van der Waals surface area contributed by atoms with Crippen molar-refractivity contribution in [3.05, 3.63) is 76.6 Å². The van der Waals surface area contributed by atoms with Gasteiger partial charge in [-0.15, -0.1) is 10.2 Å². The van der Waals surface area contributed by atoms with Crippen molar-refractivity contribution in [3.63, 3.8) is 0 Å². The summed E-state index contributed by atoms with van der Waals surface area (Å²) in [5.41, 5.74) is -2.12. The summed E-state index contributed by atoms with van der Waals surface area (Å²) in [6, 6.07) is 12.8. The van der Waals surface area contributed by atoms with Gasteiger partial charge >= 0.3 is 12.4 Å². The first-order valence-corrected chi connectivity index (χ1v) is 17.0. The lowest BCUT2D eigenvalue weighted by molar-refractivity contribution is -0.138. The van der Waals surface area contributed by atoms with Crippen molar-refractivity contribution in [2.24, 2.45) is 12.5 Å². The third-order valence-electron chi connectivity index (χ3n) is 9.70. The number of alkyl halides is 6. The van der Waals surface area contributed by atoms with Crippen molar-refractivity contribution in [3.8, 4) is 34.7 Å². The van der Waals surface area contributed by atoms with Crippen LogP contribution in [0.15, 0.2) is 48.8 Å². The first kappa shape index (κ1) is 37.3. The minimum Gasteiger partial charge on any atom is -0.370 e. The highest BCUT2D eigenvalue weighted by atomic mass is 19.4. The largest absolute Gasteiger partial charge is 0.416 e. The first-order valence-electron chi connectivity index (χ1n) is 17.0. The van der Waals surface area contributed by atoms with E-state index in [2.05, 4.69) is 26.6 Å². The predicted octanol–water partition coefficient (Wildman–Crippen LogP) is 7.97. The standard InChI is InChI=1S/C37H35F6N9O/c1-50(21-35(20-45)9-3-4-10-35)18-23-13-28-29(30(14-23)37(41,42)43)19-52(34(28)53)32-16-24(15-31(48-32)46-12-6-5-11-44)27-17-25(36(38,39)40)7-8-26(27)33-49-47-22-51(33)2/h7-8,13-17,22H,3-6,9-10,12,18-19,21H2,1-2H3,(H,46,48). The van der Waals surface area contributed by atoms with Crippen molar-refractivity contribution in [2.45, 2.75) is 64.0 Å². The van der Waals surface area contributed by atoms with Crippen LogP contribution in [0.25, 0.3) is 22.5 Å². The van der Waals surface area contributed by atoms with Crippen molar-refractivity contribution in [1.29, 1.82) is 10.5 Å². The number of hydrogen-bond acceptors (Lipinski definition) is 8. The molecule has 1 fully saturated rings. The van der Waals surface area contributed by atoms with Gasteiger partial charge in [0.05, 0.1) is 35.2 Å². The van der Waals surface area contributed by atoms with E-state index >= 15 is 0 Å². The minimum absolute atomic E-state index is 0.0674. The van der Waals surface area contributed by atoms with Gasteiger partial charge in [0.25, 0.3) is 5.91 Å². The van der Waals surface area contributed by atoms with E-state index in [-0.39, 0.29) is 70.4 Å². The molecule has 4 aromatic rings. The zero-order valence-electron chi connectivity index (χ0n) is 28.9. The number of nitriles is 2. The maximum atomic E-state index is 14.6. The van der Waals surface area contributed by atoms with Crippen LogP contribution in [0.1, 0.15) is 71.1 Å². The molecule has 0 saturated heterocycles. The molecule has 2 aromatic carbocycles. The number of carbonyl (C=O) groups is 1. The molecular formula is C37H35F6N9O. The van der Waals surface area contributed by atoms with E-state index in [4.69, 9.17) is 5.26 Å². The zero-order valence-corrected chi connectivity index (χ0v) is 28.9. The lowest BCUT2D eigenvalue weighted by Crippen LogP contribution is -2.32. The summed E-state index contributed by atoms with van der Waals surface area (Å²) in [4.78, 5) is 21.5. The highest BCUT2D eigenvalue weighted by Gasteiger charge is 2.42. The number of carbonyl (C=O) groups excluding carboxylic acids is 1.